The first-order chi connectivity index (χ1) is 9.13. The van der Waals surface area contributed by atoms with Crippen LogP contribution in [0.4, 0.5) is 4.79 Å². The fourth-order valence-corrected chi connectivity index (χ4v) is 3.21. The fraction of sp³-hybridized carbons (Fsp3) is 0.538. The number of likely N-dealkylation sites (tertiary alicyclic amines) is 1. The molecule has 0 unspecified atom stereocenters. The minimum absolute atomic E-state index is 0.249. The Morgan fingerprint density at radius 3 is 2.95 bits per heavy atom. The maximum absolute atomic E-state index is 11.7. The normalized spacial score (nSPS) is 23.2. The van der Waals surface area contributed by atoms with E-state index in [0.29, 0.717) is 23.5 Å². The Balaban J connectivity index is 2.15. The predicted molar refractivity (Wildman–Crippen MR) is 83.0 cm³/mol. The summed E-state index contributed by atoms with van der Waals surface area (Å²) in [6.07, 6.45) is 2.62. The molecular formula is C13H16ClIN2O2. The van der Waals surface area contributed by atoms with Gasteiger partial charge in [0.05, 0.1) is 7.11 Å². The summed E-state index contributed by atoms with van der Waals surface area (Å²) in [4.78, 5) is 17.6. The SMILES string of the molecule is COC(=O)N1C[C@@H](CI)C[C@@H](c2ccc(Cl)nc2)C1. The number of amides is 1. The number of pyridine rings is 1. The summed E-state index contributed by atoms with van der Waals surface area (Å²) in [6.45, 7) is 1.45. The third-order valence-corrected chi connectivity index (χ3v) is 4.88. The van der Waals surface area contributed by atoms with Gasteiger partial charge in [-0.15, -0.1) is 0 Å². The molecule has 104 valence electrons. The number of alkyl halides is 1. The Kier molecular flexibility index (Phi) is 5.27. The van der Waals surface area contributed by atoms with Crippen LogP contribution in [-0.4, -0.2) is 40.6 Å². The van der Waals surface area contributed by atoms with Crippen molar-refractivity contribution in [1.82, 2.24) is 9.88 Å². The van der Waals surface area contributed by atoms with Gasteiger partial charge >= 0.3 is 6.09 Å². The summed E-state index contributed by atoms with van der Waals surface area (Å²) in [7, 11) is 1.43. The number of methoxy groups -OCH3 is 1. The Bertz CT molecular complexity index is 441. The summed E-state index contributed by atoms with van der Waals surface area (Å²) < 4.78 is 5.86. The van der Waals surface area contributed by atoms with Crippen LogP contribution in [0.2, 0.25) is 5.15 Å². The molecule has 19 heavy (non-hydrogen) atoms. The highest BCUT2D eigenvalue weighted by Crippen LogP contribution is 2.31. The molecule has 1 aromatic heterocycles. The Morgan fingerprint density at radius 1 is 1.58 bits per heavy atom. The summed E-state index contributed by atoms with van der Waals surface area (Å²) in [5.74, 6) is 0.798. The van der Waals surface area contributed by atoms with Crippen molar-refractivity contribution in [3.8, 4) is 0 Å². The van der Waals surface area contributed by atoms with Gasteiger partial charge in [-0.25, -0.2) is 9.78 Å². The largest absolute Gasteiger partial charge is 0.453 e. The lowest BCUT2D eigenvalue weighted by molar-refractivity contribution is 0.0995. The molecule has 6 heteroatoms. The maximum atomic E-state index is 11.7. The summed E-state index contributed by atoms with van der Waals surface area (Å²) in [5.41, 5.74) is 1.13. The number of carbonyl (C=O) groups is 1. The van der Waals surface area contributed by atoms with Crippen LogP contribution < -0.4 is 0 Å². The first-order valence-electron chi connectivity index (χ1n) is 6.14. The minimum Gasteiger partial charge on any atom is -0.453 e. The van der Waals surface area contributed by atoms with Gasteiger partial charge in [0.15, 0.2) is 0 Å². The first kappa shape index (κ1) is 14.8. The molecule has 1 amide bonds. The van der Waals surface area contributed by atoms with Gasteiger partial charge in [-0.3, -0.25) is 0 Å². The van der Waals surface area contributed by atoms with Gasteiger partial charge in [0.1, 0.15) is 5.15 Å². The van der Waals surface area contributed by atoms with Crippen LogP contribution >= 0.6 is 34.2 Å². The molecule has 0 aliphatic carbocycles. The Hall–Kier alpha value is -0.560. The summed E-state index contributed by atoms with van der Waals surface area (Å²) in [5, 5.41) is 0.495. The van der Waals surface area contributed by atoms with E-state index in [0.717, 1.165) is 23.0 Å². The Labute approximate surface area is 131 Å². The molecule has 2 rings (SSSR count). The number of rotatable bonds is 2. The molecule has 1 aliphatic heterocycles. The van der Waals surface area contributed by atoms with Crippen molar-refractivity contribution in [2.24, 2.45) is 5.92 Å². The van der Waals surface area contributed by atoms with E-state index in [1.165, 1.54) is 7.11 Å². The number of halogens is 2. The molecule has 0 aromatic carbocycles. The highest BCUT2D eigenvalue weighted by atomic mass is 127. The molecule has 2 heterocycles. The molecule has 0 radical (unpaired) electrons. The van der Waals surface area contributed by atoms with E-state index in [1.54, 1.807) is 17.2 Å². The van der Waals surface area contributed by atoms with Crippen molar-refractivity contribution in [2.75, 3.05) is 24.6 Å². The van der Waals surface area contributed by atoms with Crippen molar-refractivity contribution in [1.29, 1.82) is 0 Å². The smallest absolute Gasteiger partial charge is 0.409 e. The van der Waals surface area contributed by atoms with Gasteiger partial charge in [-0.1, -0.05) is 40.3 Å². The quantitative estimate of drug-likeness (QED) is 0.439. The molecule has 4 nitrogen and oxygen atoms in total. The van der Waals surface area contributed by atoms with Crippen LogP contribution in [-0.2, 0) is 4.74 Å². The van der Waals surface area contributed by atoms with Crippen LogP contribution in [0.25, 0.3) is 0 Å². The molecule has 0 bridgehead atoms. The average molecular weight is 395 g/mol. The first-order valence-corrected chi connectivity index (χ1v) is 8.04. The van der Waals surface area contributed by atoms with Crippen molar-refractivity contribution >= 4 is 40.3 Å². The zero-order valence-electron chi connectivity index (χ0n) is 10.7. The van der Waals surface area contributed by atoms with Gasteiger partial charge in [0.2, 0.25) is 0 Å². The van der Waals surface area contributed by atoms with Gasteiger partial charge in [-0.05, 0) is 24.0 Å². The number of aromatic nitrogens is 1. The van der Waals surface area contributed by atoms with Gasteiger partial charge in [0, 0.05) is 29.6 Å². The number of hydrogen-bond acceptors (Lipinski definition) is 3. The number of nitrogens with zero attached hydrogens (tertiary/aromatic N) is 2. The molecule has 2 atom stereocenters. The van der Waals surface area contributed by atoms with Gasteiger partial charge < -0.3 is 9.64 Å². The zero-order chi connectivity index (χ0) is 13.8. The highest BCUT2D eigenvalue weighted by Gasteiger charge is 2.30. The second-order valence-electron chi connectivity index (χ2n) is 4.74. The Morgan fingerprint density at radius 2 is 2.37 bits per heavy atom. The lowest BCUT2D eigenvalue weighted by atomic mass is 9.86. The topological polar surface area (TPSA) is 42.4 Å². The fourth-order valence-electron chi connectivity index (χ4n) is 2.46. The van der Waals surface area contributed by atoms with E-state index in [2.05, 4.69) is 27.6 Å². The lowest BCUT2D eigenvalue weighted by Gasteiger charge is -2.36. The number of ether oxygens (including phenoxy) is 1. The highest BCUT2D eigenvalue weighted by molar-refractivity contribution is 14.1. The van der Waals surface area contributed by atoms with Crippen LogP contribution in [0.1, 0.15) is 17.9 Å². The van der Waals surface area contributed by atoms with Crippen molar-refractivity contribution in [2.45, 2.75) is 12.3 Å². The van der Waals surface area contributed by atoms with E-state index in [-0.39, 0.29) is 6.09 Å². The van der Waals surface area contributed by atoms with Crippen LogP contribution in [0, 0.1) is 5.92 Å². The van der Waals surface area contributed by atoms with Gasteiger partial charge in [-0.2, -0.15) is 0 Å². The van der Waals surface area contributed by atoms with E-state index >= 15 is 0 Å². The molecule has 0 saturated carbocycles. The molecule has 1 aromatic rings. The van der Waals surface area contributed by atoms with E-state index in [9.17, 15) is 4.79 Å². The second kappa shape index (κ2) is 6.74. The molecular weight excluding hydrogens is 379 g/mol. The lowest BCUT2D eigenvalue weighted by Crippen LogP contribution is -2.43. The van der Waals surface area contributed by atoms with E-state index in [1.807, 2.05) is 6.07 Å². The number of carbonyl (C=O) groups excluding carboxylic acids is 1. The predicted octanol–water partition coefficient (Wildman–Crippen LogP) is 3.34. The molecule has 0 spiro atoms. The molecule has 1 fully saturated rings. The van der Waals surface area contributed by atoms with Crippen LogP contribution in [0.5, 0.6) is 0 Å². The summed E-state index contributed by atoms with van der Waals surface area (Å²) in [6, 6.07) is 3.79. The molecule has 1 saturated heterocycles. The summed E-state index contributed by atoms with van der Waals surface area (Å²) >= 11 is 8.18. The van der Waals surface area contributed by atoms with Crippen molar-refractivity contribution < 1.29 is 9.53 Å². The van der Waals surface area contributed by atoms with E-state index < -0.39 is 0 Å². The van der Waals surface area contributed by atoms with Crippen LogP contribution in [0.3, 0.4) is 0 Å². The molecule has 1 aliphatic rings. The number of piperidine rings is 1. The van der Waals surface area contributed by atoms with Crippen LogP contribution in [0.15, 0.2) is 18.3 Å². The average Bonchev–Trinajstić information content (AvgIpc) is 2.46. The third-order valence-electron chi connectivity index (χ3n) is 3.41. The number of hydrogen-bond donors (Lipinski definition) is 0. The van der Waals surface area contributed by atoms with Crippen molar-refractivity contribution in [3.05, 3.63) is 29.0 Å². The third kappa shape index (κ3) is 3.72. The standard InChI is InChI=1S/C13H16ClIN2O2/c1-19-13(18)17-7-9(5-15)4-11(8-17)10-2-3-12(14)16-6-10/h2-3,6,9,11H,4-5,7-8H2,1H3/t9-,11-/m1/s1. The molecule has 0 N–H and O–H groups in total. The second-order valence-corrected chi connectivity index (χ2v) is 6.01. The van der Waals surface area contributed by atoms with E-state index in [4.69, 9.17) is 16.3 Å². The minimum atomic E-state index is -0.249. The zero-order valence-corrected chi connectivity index (χ0v) is 13.6. The monoisotopic (exact) mass is 394 g/mol. The maximum Gasteiger partial charge on any atom is 0.409 e. The van der Waals surface area contributed by atoms with Crippen molar-refractivity contribution in [3.63, 3.8) is 0 Å². The van der Waals surface area contributed by atoms with Gasteiger partial charge in [0.25, 0.3) is 0 Å².